The van der Waals surface area contributed by atoms with Crippen molar-refractivity contribution in [2.75, 3.05) is 4.90 Å². The number of para-hydroxylation sites is 2. The van der Waals surface area contributed by atoms with Crippen molar-refractivity contribution in [3.8, 4) is 0 Å². The molecule has 0 N–H and O–H groups in total. The van der Waals surface area contributed by atoms with E-state index in [9.17, 15) is 0 Å². The fraction of sp³-hybridized carbons (Fsp3) is 0.250. The van der Waals surface area contributed by atoms with Gasteiger partial charge in [-0.2, -0.15) is 0 Å². The van der Waals surface area contributed by atoms with Gasteiger partial charge in [0.2, 0.25) is 6.71 Å². The van der Waals surface area contributed by atoms with Gasteiger partial charge >= 0.3 is 0 Å². The Morgan fingerprint density at radius 3 is 1.58 bits per heavy atom. The third-order valence-electron chi connectivity index (χ3n) is 5.48. The van der Waals surface area contributed by atoms with Crippen molar-refractivity contribution >= 4 is 34.5 Å². The summed E-state index contributed by atoms with van der Waals surface area (Å²) in [6.07, 6.45) is 0. The Morgan fingerprint density at radius 1 is 0.654 bits per heavy atom. The Bertz CT molecular complexity index is 900. The maximum absolute atomic E-state index is 2.50. The molecular formula is C24H26BN. The summed E-state index contributed by atoms with van der Waals surface area (Å²) in [4.78, 5) is 2.50. The van der Waals surface area contributed by atoms with Crippen LogP contribution in [0, 0.1) is 13.8 Å². The van der Waals surface area contributed by atoms with Crippen molar-refractivity contribution in [1.82, 2.24) is 0 Å². The van der Waals surface area contributed by atoms with Crippen LogP contribution in [-0.4, -0.2) is 12.3 Å². The molecule has 0 amide bonds. The smallest absolute Gasteiger partial charge is 0.247 e. The zero-order valence-electron chi connectivity index (χ0n) is 16.4. The van der Waals surface area contributed by atoms with Gasteiger partial charge in [0.25, 0.3) is 0 Å². The number of fused-ring (bicyclic) bond motifs is 2. The summed E-state index contributed by atoms with van der Waals surface area (Å²) in [5.74, 6) is 0. The molecule has 0 bridgehead atoms. The molecule has 1 nitrogen and oxygen atoms in total. The highest BCUT2D eigenvalue weighted by molar-refractivity contribution is 6.98. The molecule has 1 heterocycles. The van der Waals surface area contributed by atoms with E-state index in [-0.39, 0.29) is 12.3 Å². The third kappa shape index (κ3) is 2.56. The Labute approximate surface area is 157 Å². The molecule has 0 radical (unpaired) electrons. The van der Waals surface area contributed by atoms with Gasteiger partial charge in [-0.1, -0.05) is 71.2 Å². The Balaban J connectivity index is 2.07. The number of hydrogen-bond acceptors (Lipinski definition) is 1. The van der Waals surface area contributed by atoms with E-state index in [1.54, 1.807) is 0 Å². The molecule has 2 heteroatoms. The highest BCUT2D eigenvalue weighted by Crippen LogP contribution is 2.34. The number of benzene rings is 3. The molecule has 4 rings (SSSR count). The van der Waals surface area contributed by atoms with Crippen LogP contribution in [0.2, 0.25) is 0 Å². The van der Waals surface area contributed by atoms with Gasteiger partial charge in [0.05, 0.1) is 0 Å². The molecule has 3 aromatic rings. The van der Waals surface area contributed by atoms with E-state index >= 15 is 0 Å². The summed E-state index contributed by atoms with van der Waals surface area (Å²) in [7, 11) is 0. The molecule has 0 aliphatic carbocycles. The molecule has 0 aromatic heterocycles. The quantitative estimate of drug-likeness (QED) is 0.604. The van der Waals surface area contributed by atoms with E-state index in [4.69, 9.17) is 0 Å². The summed E-state index contributed by atoms with van der Waals surface area (Å²) in [5, 5.41) is 0. The molecule has 1 aliphatic rings. The van der Waals surface area contributed by atoms with E-state index in [1.165, 1.54) is 38.9 Å². The molecule has 26 heavy (non-hydrogen) atoms. The molecular weight excluding hydrogens is 313 g/mol. The van der Waals surface area contributed by atoms with Gasteiger partial charge in [0.15, 0.2) is 0 Å². The first-order chi connectivity index (χ1) is 12.4. The first-order valence-electron chi connectivity index (χ1n) is 9.44. The standard InChI is InChI=1S/C24H26BN/c1-17-11-10-12-18(2)23(17)25-19-13-6-8-15-21(19)26(24(3,4)5)22-16-9-7-14-20(22)25/h6-16H,1-5H3. The monoisotopic (exact) mass is 339 g/mol. The second-order valence-corrected chi connectivity index (χ2v) is 8.36. The topological polar surface area (TPSA) is 3.24 Å². The van der Waals surface area contributed by atoms with Gasteiger partial charge in [-0.25, -0.2) is 0 Å². The molecule has 0 saturated carbocycles. The molecule has 0 atom stereocenters. The minimum Gasteiger partial charge on any atom is -0.337 e. The highest BCUT2D eigenvalue weighted by atomic mass is 15.2. The summed E-state index contributed by atoms with van der Waals surface area (Å²) in [6, 6.07) is 24.5. The number of anilines is 2. The Hall–Kier alpha value is -2.48. The minimum absolute atomic E-state index is 0.0119. The zero-order chi connectivity index (χ0) is 18.5. The zero-order valence-corrected chi connectivity index (χ0v) is 16.4. The fourth-order valence-corrected chi connectivity index (χ4v) is 4.48. The van der Waals surface area contributed by atoms with E-state index < -0.39 is 0 Å². The van der Waals surface area contributed by atoms with Crippen LogP contribution in [0.1, 0.15) is 31.9 Å². The lowest BCUT2D eigenvalue weighted by Gasteiger charge is -2.45. The van der Waals surface area contributed by atoms with Crippen molar-refractivity contribution < 1.29 is 0 Å². The van der Waals surface area contributed by atoms with E-state index in [1.807, 2.05) is 0 Å². The number of hydrogen-bond donors (Lipinski definition) is 0. The summed E-state index contributed by atoms with van der Waals surface area (Å²) < 4.78 is 0. The molecule has 0 saturated heterocycles. The van der Waals surface area contributed by atoms with Crippen LogP contribution >= 0.6 is 0 Å². The lowest BCUT2D eigenvalue weighted by atomic mass is 9.34. The van der Waals surface area contributed by atoms with E-state index in [2.05, 4.69) is 106 Å². The minimum atomic E-state index is 0.0119. The predicted octanol–water partition coefficient (Wildman–Crippen LogP) is 4.07. The predicted molar refractivity (Wildman–Crippen MR) is 115 cm³/mol. The number of nitrogens with zero attached hydrogens (tertiary/aromatic N) is 1. The second-order valence-electron chi connectivity index (χ2n) is 8.36. The second kappa shape index (κ2) is 6.05. The molecule has 0 fully saturated rings. The van der Waals surface area contributed by atoms with Crippen molar-refractivity contribution in [3.05, 3.63) is 77.9 Å². The summed E-state index contributed by atoms with van der Waals surface area (Å²) in [6.45, 7) is 11.6. The maximum atomic E-state index is 2.50. The normalized spacial score (nSPS) is 13.4. The average molecular weight is 339 g/mol. The van der Waals surface area contributed by atoms with Gasteiger partial charge in [-0.15, -0.1) is 0 Å². The number of rotatable bonds is 1. The summed E-state index contributed by atoms with van der Waals surface area (Å²) >= 11 is 0. The van der Waals surface area contributed by atoms with Crippen molar-refractivity contribution in [3.63, 3.8) is 0 Å². The first kappa shape index (κ1) is 17.0. The average Bonchev–Trinajstić information content (AvgIpc) is 2.59. The van der Waals surface area contributed by atoms with Crippen LogP contribution < -0.4 is 21.3 Å². The van der Waals surface area contributed by atoms with Gasteiger partial charge in [0, 0.05) is 16.9 Å². The lowest BCUT2D eigenvalue weighted by Crippen LogP contribution is -2.61. The maximum Gasteiger partial charge on any atom is 0.247 e. The largest absolute Gasteiger partial charge is 0.337 e. The molecule has 0 spiro atoms. The Kier molecular flexibility index (Phi) is 3.95. The van der Waals surface area contributed by atoms with E-state index in [0.717, 1.165) is 0 Å². The van der Waals surface area contributed by atoms with Crippen LogP contribution in [0.5, 0.6) is 0 Å². The van der Waals surface area contributed by atoms with Crippen molar-refractivity contribution in [1.29, 1.82) is 0 Å². The van der Waals surface area contributed by atoms with Crippen molar-refractivity contribution in [2.24, 2.45) is 0 Å². The van der Waals surface area contributed by atoms with Crippen LogP contribution in [0.3, 0.4) is 0 Å². The molecule has 0 unspecified atom stereocenters. The third-order valence-corrected chi connectivity index (χ3v) is 5.48. The highest BCUT2D eigenvalue weighted by Gasteiger charge is 2.38. The Morgan fingerprint density at radius 2 is 1.12 bits per heavy atom. The number of aryl methyl sites for hydroxylation is 2. The first-order valence-corrected chi connectivity index (χ1v) is 9.44. The van der Waals surface area contributed by atoms with Crippen LogP contribution in [0.25, 0.3) is 0 Å². The van der Waals surface area contributed by atoms with Gasteiger partial charge in [0.1, 0.15) is 0 Å². The molecule has 3 aromatic carbocycles. The van der Waals surface area contributed by atoms with Crippen LogP contribution in [0.4, 0.5) is 11.4 Å². The van der Waals surface area contributed by atoms with Crippen LogP contribution in [0.15, 0.2) is 66.7 Å². The summed E-state index contributed by atoms with van der Waals surface area (Å²) in [5.41, 5.74) is 9.64. The van der Waals surface area contributed by atoms with Gasteiger partial charge < -0.3 is 4.90 Å². The SMILES string of the molecule is Cc1cccc(C)c1B1c2ccccc2N(C(C)(C)C)c2ccccc21. The van der Waals surface area contributed by atoms with Gasteiger partial charge in [-0.05, 0) is 57.7 Å². The lowest BCUT2D eigenvalue weighted by molar-refractivity contribution is 0.561. The van der Waals surface area contributed by atoms with E-state index in [0.29, 0.717) is 0 Å². The van der Waals surface area contributed by atoms with Crippen molar-refractivity contribution in [2.45, 2.75) is 40.2 Å². The molecule has 1 aliphatic heterocycles. The fourth-order valence-electron chi connectivity index (χ4n) is 4.48. The van der Waals surface area contributed by atoms with Crippen LogP contribution in [-0.2, 0) is 0 Å². The molecule has 130 valence electrons. The van der Waals surface area contributed by atoms with Gasteiger partial charge in [-0.3, -0.25) is 0 Å².